The maximum Gasteiger partial charge on any atom is 0.225 e. The predicted molar refractivity (Wildman–Crippen MR) is 82.2 cm³/mol. The van der Waals surface area contributed by atoms with Gasteiger partial charge in [0.05, 0.1) is 18.6 Å². The van der Waals surface area contributed by atoms with Crippen molar-refractivity contribution in [3.63, 3.8) is 0 Å². The van der Waals surface area contributed by atoms with Crippen molar-refractivity contribution in [1.29, 1.82) is 0 Å². The lowest BCUT2D eigenvalue weighted by atomic mass is 10.1. The van der Waals surface area contributed by atoms with Crippen molar-refractivity contribution in [2.24, 2.45) is 0 Å². The Morgan fingerprint density at radius 1 is 1.32 bits per heavy atom. The molecule has 22 heavy (non-hydrogen) atoms. The number of aliphatic hydroxyl groups excluding tert-OH is 1. The summed E-state index contributed by atoms with van der Waals surface area (Å²) in [6.07, 6.45) is -0.0619. The second kappa shape index (κ2) is 6.07. The summed E-state index contributed by atoms with van der Waals surface area (Å²) in [6, 6.07) is 11.2. The molecule has 2 aromatic rings. The first-order valence-electron chi connectivity index (χ1n) is 7.04. The number of halogens is 2. The Kier molecular flexibility index (Phi) is 4.14. The van der Waals surface area contributed by atoms with Gasteiger partial charge in [-0.1, -0.05) is 41.9 Å². The molecular weight excluding hydrogens is 305 g/mol. The van der Waals surface area contributed by atoms with Gasteiger partial charge in [-0.25, -0.2) is 4.39 Å². The quantitative estimate of drug-likeness (QED) is 0.914. The number of carbonyl (C=O) groups excluding carboxylic acids is 1. The minimum atomic E-state index is -0.634. The molecule has 0 radical (unpaired) electrons. The fourth-order valence-corrected chi connectivity index (χ4v) is 3.04. The molecule has 2 atom stereocenters. The molecule has 2 N–H and O–H groups in total. The Morgan fingerprint density at radius 3 is 2.86 bits per heavy atom. The van der Waals surface area contributed by atoms with Crippen molar-refractivity contribution in [2.75, 3.05) is 0 Å². The molecule has 0 spiro atoms. The topological polar surface area (TPSA) is 49.3 Å². The number of hydrogen-bond donors (Lipinski definition) is 2. The molecule has 0 saturated heterocycles. The third kappa shape index (κ3) is 2.98. The van der Waals surface area contributed by atoms with E-state index in [-0.39, 0.29) is 17.4 Å². The Hall–Kier alpha value is -1.91. The van der Waals surface area contributed by atoms with Crippen LogP contribution in [0.4, 0.5) is 4.39 Å². The zero-order valence-electron chi connectivity index (χ0n) is 11.7. The molecule has 0 saturated carbocycles. The largest absolute Gasteiger partial charge is 0.390 e. The van der Waals surface area contributed by atoms with Gasteiger partial charge in [-0.3, -0.25) is 4.79 Å². The molecule has 1 aliphatic carbocycles. The summed E-state index contributed by atoms with van der Waals surface area (Å²) in [5, 5.41) is 13.2. The molecule has 0 aromatic heterocycles. The molecule has 5 heteroatoms. The second-order valence-electron chi connectivity index (χ2n) is 5.43. The van der Waals surface area contributed by atoms with E-state index in [9.17, 15) is 14.3 Å². The lowest BCUT2D eigenvalue weighted by molar-refractivity contribution is -0.121. The van der Waals surface area contributed by atoms with Crippen molar-refractivity contribution in [2.45, 2.75) is 25.0 Å². The summed E-state index contributed by atoms with van der Waals surface area (Å²) >= 11 is 5.93. The van der Waals surface area contributed by atoms with Crippen LogP contribution in [0.5, 0.6) is 0 Å². The van der Waals surface area contributed by atoms with Gasteiger partial charge in [-0.05, 0) is 28.8 Å². The van der Waals surface area contributed by atoms with Crippen molar-refractivity contribution < 1.29 is 14.3 Å². The highest BCUT2D eigenvalue weighted by Crippen LogP contribution is 2.31. The summed E-state index contributed by atoms with van der Waals surface area (Å²) in [4.78, 5) is 12.2. The van der Waals surface area contributed by atoms with Crippen molar-refractivity contribution in [3.05, 3.63) is 70.0 Å². The SMILES string of the molecule is O=C(Cc1ccc(F)cc1Cl)N[C@@H]1c2ccccc2C[C@@H]1O. The highest BCUT2D eigenvalue weighted by molar-refractivity contribution is 6.31. The van der Waals surface area contributed by atoms with E-state index in [2.05, 4.69) is 5.32 Å². The van der Waals surface area contributed by atoms with Gasteiger partial charge in [-0.2, -0.15) is 0 Å². The third-order valence-corrected chi connectivity index (χ3v) is 4.24. The summed E-state index contributed by atoms with van der Waals surface area (Å²) in [6.45, 7) is 0. The molecule has 0 aliphatic heterocycles. The van der Waals surface area contributed by atoms with E-state index in [1.54, 1.807) is 0 Å². The van der Waals surface area contributed by atoms with Gasteiger partial charge in [-0.15, -0.1) is 0 Å². The van der Waals surface area contributed by atoms with Crippen molar-refractivity contribution in [3.8, 4) is 0 Å². The molecule has 0 fully saturated rings. The summed E-state index contributed by atoms with van der Waals surface area (Å²) in [7, 11) is 0. The smallest absolute Gasteiger partial charge is 0.225 e. The lowest BCUT2D eigenvalue weighted by Crippen LogP contribution is -2.34. The van der Waals surface area contributed by atoms with E-state index >= 15 is 0 Å². The molecule has 3 nitrogen and oxygen atoms in total. The number of carbonyl (C=O) groups is 1. The highest BCUT2D eigenvalue weighted by atomic mass is 35.5. The maximum absolute atomic E-state index is 13.0. The predicted octanol–water partition coefficient (Wildman–Crippen LogP) is 2.80. The van der Waals surface area contributed by atoms with Crippen LogP contribution in [0.15, 0.2) is 42.5 Å². The average molecular weight is 320 g/mol. The fourth-order valence-electron chi connectivity index (χ4n) is 2.81. The van der Waals surface area contributed by atoms with Gasteiger partial charge >= 0.3 is 0 Å². The van der Waals surface area contributed by atoms with Crippen molar-refractivity contribution >= 4 is 17.5 Å². The molecule has 2 aromatic carbocycles. The first-order chi connectivity index (χ1) is 10.5. The first-order valence-corrected chi connectivity index (χ1v) is 7.41. The molecule has 1 aliphatic rings. The monoisotopic (exact) mass is 319 g/mol. The van der Waals surface area contributed by atoms with Crippen LogP contribution in [0, 0.1) is 5.82 Å². The van der Waals surface area contributed by atoms with E-state index in [0.717, 1.165) is 11.1 Å². The molecule has 0 unspecified atom stereocenters. The fraction of sp³-hybridized carbons (Fsp3) is 0.235. The van der Waals surface area contributed by atoms with Gasteiger partial charge < -0.3 is 10.4 Å². The van der Waals surface area contributed by atoms with Gasteiger partial charge in [0.2, 0.25) is 5.91 Å². The van der Waals surface area contributed by atoms with Crippen LogP contribution >= 0.6 is 11.6 Å². The third-order valence-electron chi connectivity index (χ3n) is 3.89. The van der Waals surface area contributed by atoms with Crippen LogP contribution in [0.25, 0.3) is 0 Å². The van der Waals surface area contributed by atoms with E-state index in [0.29, 0.717) is 12.0 Å². The van der Waals surface area contributed by atoms with Crippen LogP contribution < -0.4 is 5.32 Å². The second-order valence-corrected chi connectivity index (χ2v) is 5.84. The van der Waals surface area contributed by atoms with Crippen LogP contribution in [-0.2, 0) is 17.6 Å². The number of rotatable bonds is 3. The number of aliphatic hydroxyl groups is 1. The molecule has 114 valence electrons. The average Bonchev–Trinajstić information content (AvgIpc) is 2.78. The Balaban J connectivity index is 1.72. The van der Waals surface area contributed by atoms with Crippen molar-refractivity contribution in [1.82, 2.24) is 5.32 Å². The number of benzene rings is 2. The molecule has 1 amide bonds. The summed E-state index contributed by atoms with van der Waals surface area (Å²) < 4.78 is 13.0. The Labute approximate surface area is 132 Å². The highest BCUT2D eigenvalue weighted by Gasteiger charge is 2.31. The lowest BCUT2D eigenvalue weighted by Gasteiger charge is -2.18. The normalized spacial score (nSPS) is 19.8. The van der Waals surface area contributed by atoms with Crippen LogP contribution in [0.3, 0.4) is 0 Å². The molecular formula is C17H15ClFNO2. The Bertz CT molecular complexity index is 720. The minimum absolute atomic E-state index is 0.0461. The van der Waals surface area contributed by atoms with Gasteiger partial charge in [0.15, 0.2) is 0 Å². The number of hydrogen-bond acceptors (Lipinski definition) is 2. The van der Waals surface area contributed by atoms with Crippen LogP contribution in [0.1, 0.15) is 22.7 Å². The Morgan fingerprint density at radius 2 is 2.09 bits per heavy atom. The zero-order chi connectivity index (χ0) is 15.7. The van der Waals surface area contributed by atoms with Gasteiger partial charge in [0, 0.05) is 11.4 Å². The maximum atomic E-state index is 13.0. The summed E-state index contributed by atoms with van der Waals surface area (Å²) in [5.41, 5.74) is 2.54. The standard InChI is InChI=1S/C17H15ClFNO2/c18-14-9-12(19)6-5-11(14)8-16(22)20-17-13-4-2-1-3-10(13)7-15(17)21/h1-6,9,15,17,21H,7-8H2,(H,20,22)/t15-,17+/m0/s1. The van der Waals surface area contributed by atoms with E-state index in [1.165, 1.54) is 18.2 Å². The minimum Gasteiger partial charge on any atom is -0.390 e. The number of fused-ring (bicyclic) bond motifs is 1. The van der Waals surface area contributed by atoms with E-state index < -0.39 is 18.0 Å². The molecule has 0 bridgehead atoms. The summed E-state index contributed by atoms with van der Waals surface area (Å²) in [5.74, 6) is -0.691. The van der Waals surface area contributed by atoms with Crippen LogP contribution in [0.2, 0.25) is 5.02 Å². The van der Waals surface area contributed by atoms with E-state index in [1.807, 2.05) is 24.3 Å². The van der Waals surface area contributed by atoms with Crippen LogP contribution in [-0.4, -0.2) is 17.1 Å². The first kappa shape index (κ1) is 15.0. The number of amides is 1. The molecule has 0 heterocycles. The zero-order valence-corrected chi connectivity index (χ0v) is 12.5. The van der Waals surface area contributed by atoms with Gasteiger partial charge in [0.1, 0.15) is 5.82 Å². The van der Waals surface area contributed by atoms with Gasteiger partial charge in [0.25, 0.3) is 0 Å². The molecule has 3 rings (SSSR count). The number of nitrogens with one attached hydrogen (secondary N) is 1. The van der Waals surface area contributed by atoms with E-state index in [4.69, 9.17) is 11.6 Å².